The van der Waals surface area contributed by atoms with Crippen LogP contribution in [0.25, 0.3) is 0 Å². The summed E-state index contributed by atoms with van der Waals surface area (Å²) in [7, 11) is 0. The predicted octanol–water partition coefficient (Wildman–Crippen LogP) is 2.71. The Morgan fingerprint density at radius 3 is 2.65 bits per heavy atom. The molecule has 1 heterocycles. The Bertz CT molecular complexity index is 464. The van der Waals surface area contributed by atoms with Gasteiger partial charge in [-0.2, -0.15) is 0 Å². The highest BCUT2D eigenvalue weighted by Gasteiger charge is 2.27. The molecule has 3 nitrogen and oxygen atoms in total. The van der Waals surface area contributed by atoms with E-state index in [1.54, 1.807) is 0 Å². The molecule has 3 rings (SSSR count). The second-order valence-electron chi connectivity index (χ2n) is 6.03. The molecule has 1 aromatic carbocycles. The Morgan fingerprint density at radius 2 is 1.85 bits per heavy atom. The summed E-state index contributed by atoms with van der Waals surface area (Å²) >= 11 is 0. The second-order valence-corrected chi connectivity index (χ2v) is 6.03. The fraction of sp³-hybridized carbons (Fsp3) is 0.588. The number of nitrogens with one attached hydrogen (secondary N) is 2. The highest BCUT2D eigenvalue weighted by atomic mass is 16.2. The molecule has 108 valence electrons. The number of hydrogen-bond acceptors (Lipinski definition) is 2. The molecule has 20 heavy (non-hydrogen) atoms. The minimum absolute atomic E-state index is 0.157. The van der Waals surface area contributed by atoms with Crippen molar-refractivity contribution >= 4 is 5.91 Å². The molecule has 1 saturated carbocycles. The largest absolute Gasteiger partial charge is 0.352 e. The van der Waals surface area contributed by atoms with Crippen molar-refractivity contribution in [2.75, 3.05) is 6.54 Å². The highest BCUT2D eigenvalue weighted by Crippen LogP contribution is 2.24. The van der Waals surface area contributed by atoms with Crippen LogP contribution in [0, 0.1) is 0 Å². The van der Waals surface area contributed by atoms with E-state index < -0.39 is 0 Å². The number of fused-ring (bicyclic) bond motifs is 1. The van der Waals surface area contributed by atoms with Crippen molar-refractivity contribution in [1.29, 1.82) is 0 Å². The molecule has 0 aromatic heterocycles. The van der Waals surface area contributed by atoms with Gasteiger partial charge < -0.3 is 10.6 Å². The van der Waals surface area contributed by atoms with Crippen LogP contribution in [0.4, 0.5) is 0 Å². The van der Waals surface area contributed by atoms with Crippen LogP contribution in [0.5, 0.6) is 0 Å². The normalized spacial score (nSPS) is 23.7. The van der Waals surface area contributed by atoms with Crippen molar-refractivity contribution in [2.24, 2.45) is 0 Å². The maximum absolute atomic E-state index is 12.6. The highest BCUT2D eigenvalue weighted by molar-refractivity contribution is 5.84. The second kappa shape index (κ2) is 6.40. The topological polar surface area (TPSA) is 41.1 Å². The Labute approximate surface area is 121 Å². The van der Waals surface area contributed by atoms with E-state index >= 15 is 0 Å². The predicted molar refractivity (Wildman–Crippen MR) is 80.5 cm³/mol. The maximum Gasteiger partial charge on any atom is 0.241 e. The molecule has 3 heteroatoms. The smallest absolute Gasteiger partial charge is 0.241 e. The standard InChI is InChI=1S/C17H24N2O/c20-17(19-14-8-3-1-2-4-9-14)16-15-10-6-5-7-13(15)11-12-18-16/h5-7,10,14,16,18H,1-4,8-9,11-12H2,(H,19,20). The van der Waals surface area contributed by atoms with Gasteiger partial charge in [-0.05, 0) is 30.4 Å². The van der Waals surface area contributed by atoms with Crippen LogP contribution >= 0.6 is 0 Å². The first-order chi connectivity index (χ1) is 9.84. The van der Waals surface area contributed by atoms with Crippen molar-refractivity contribution in [1.82, 2.24) is 10.6 Å². The van der Waals surface area contributed by atoms with Crippen LogP contribution in [-0.4, -0.2) is 18.5 Å². The van der Waals surface area contributed by atoms with Crippen LogP contribution < -0.4 is 10.6 Å². The van der Waals surface area contributed by atoms with Crippen molar-refractivity contribution in [2.45, 2.75) is 57.0 Å². The van der Waals surface area contributed by atoms with Crippen molar-refractivity contribution in [3.63, 3.8) is 0 Å². The third kappa shape index (κ3) is 3.04. The molecule has 0 radical (unpaired) electrons. The molecule has 1 aromatic rings. The number of rotatable bonds is 2. The summed E-state index contributed by atoms with van der Waals surface area (Å²) in [5, 5.41) is 6.64. The summed E-state index contributed by atoms with van der Waals surface area (Å²) < 4.78 is 0. The van der Waals surface area contributed by atoms with Crippen molar-refractivity contribution in [3.05, 3.63) is 35.4 Å². The number of benzene rings is 1. The number of carbonyl (C=O) groups excluding carboxylic acids is 1. The van der Waals surface area contributed by atoms with Gasteiger partial charge in [-0.1, -0.05) is 49.9 Å². The summed E-state index contributed by atoms with van der Waals surface area (Å²) in [6.07, 6.45) is 8.43. The lowest BCUT2D eigenvalue weighted by atomic mass is 9.93. The van der Waals surface area contributed by atoms with Crippen LogP contribution in [-0.2, 0) is 11.2 Å². The van der Waals surface area contributed by atoms with Gasteiger partial charge in [0.1, 0.15) is 6.04 Å². The van der Waals surface area contributed by atoms with E-state index in [1.165, 1.54) is 31.2 Å². The van der Waals surface area contributed by atoms with Gasteiger partial charge in [0, 0.05) is 12.6 Å². The van der Waals surface area contributed by atoms with Gasteiger partial charge in [-0.25, -0.2) is 0 Å². The van der Waals surface area contributed by atoms with Crippen LogP contribution in [0.1, 0.15) is 55.7 Å². The molecular formula is C17H24N2O. The fourth-order valence-electron chi connectivity index (χ4n) is 3.45. The molecule has 1 aliphatic carbocycles. The lowest BCUT2D eigenvalue weighted by molar-refractivity contribution is -0.124. The molecule has 1 fully saturated rings. The summed E-state index contributed by atoms with van der Waals surface area (Å²) in [6, 6.07) is 8.52. The van der Waals surface area contributed by atoms with Gasteiger partial charge in [-0.15, -0.1) is 0 Å². The first kappa shape index (κ1) is 13.6. The summed E-state index contributed by atoms with van der Waals surface area (Å²) in [6.45, 7) is 0.889. The van der Waals surface area contributed by atoms with Gasteiger partial charge in [0.25, 0.3) is 0 Å². The molecule has 1 atom stereocenters. The quantitative estimate of drug-likeness (QED) is 0.813. The van der Waals surface area contributed by atoms with Crippen LogP contribution in [0.3, 0.4) is 0 Å². The summed E-state index contributed by atoms with van der Waals surface area (Å²) in [4.78, 5) is 12.6. The Hall–Kier alpha value is -1.35. The van der Waals surface area contributed by atoms with E-state index in [2.05, 4.69) is 28.8 Å². The van der Waals surface area contributed by atoms with Gasteiger partial charge in [-0.3, -0.25) is 4.79 Å². The zero-order valence-corrected chi connectivity index (χ0v) is 12.0. The Morgan fingerprint density at radius 1 is 1.10 bits per heavy atom. The minimum atomic E-state index is -0.164. The van der Waals surface area contributed by atoms with E-state index in [0.717, 1.165) is 31.4 Å². The molecule has 1 aliphatic heterocycles. The van der Waals surface area contributed by atoms with Gasteiger partial charge in [0.05, 0.1) is 0 Å². The molecule has 2 aliphatic rings. The van der Waals surface area contributed by atoms with Gasteiger partial charge in [0.2, 0.25) is 5.91 Å². The van der Waals surface area contributed by atoms with Crippen molar-refractivity contribution in [3.8, 4) is 0 Å². The van der Waals surface area contributed by atoms with E-state index in [-0.39, 0.29) is 11.9 Å². The lowest BCUT2D eigenvalue weighted by Gasteiger charge is -2.28. The third-order valence-corrected chi connectivity index (χ3v) is 4.57. The third-order valence-electron chi connectivity index (χ3n) is 4.57. The van der Waals surface area contributed by atoms with E-state index in [0.29, 0.717) is 6.04 Å². The van der Waals surface area contributed by atoms with E-state index in [1.807, 2.05) is 6.07 Å². The number of hydrogen-bond donors (Lipinski definition) is 2. The molecule has 0 spiro atoms. The summed E-state index contributed by atoms with van der Waals surface area (Å²) in [5.74, 6) is 0.157. The van der Waals surface area contributed by atoms with Gasteiger partial charge in [0.15, 0.2) is 0 Å². The molecule has 1 amide bonds. The first-order valence-electron chi connectivity index (χ1n) is 7.96. The van der Waals surface area contributed by atoms with Crippen LogP contribution in [0.2, 0.25) is 0 Å². The Balaban J connectivity index is 1.68. The number of amides is 1. The Kier molecular flexibility index (Phi) is 4.36. The molecule has 2 N–H and O–H groups in total. The zero-order chi connectivity index (χ0) is 13.8. The lowest BCUT2D eigenvalue weighted by Crippen LogP contribution is -2.45. The van der Waals surface area contributed by atoms with E-state index in [9.17, 15) is 4.79 Å². The van der Waals surface area contributed by atoms with E-state index in [4.69, 9.17) is 0 Å². The molecular weight excluding hydrogens is 248 g/mol. The summed E-state index contributed by atoms with van der Waals surface area (Å²) in [5.41, 5.74) is 2.47. The monoisotopic (exact) mass is 272 g/mol. The SMILES string of the molecule is O=C(NC1CCCCCC1)C1NCCc2ccccc21. The fourth-order valence-corrected chi connectivity index (χ4v) is 3.45. The average Bonchev–Trinajstić information content (AvgIpc) is 2.75. The van der Waals surface area contributed by atoms with Crippen LogP contribution in [0.15, 0.2) is 24.3 Å². The van der Waals surface area contributed by atoms with Crippen molar-refractivity contribution < 1.29 is 4.79 Å². The zero-order valence-electron chi connectivity index (χ0n) is 12.0. The molecule has 0 saturated heterocycles. The average molecular weight is 272 g/mol. The number of carbonyl (C=O) groups is 1. The maximum atomic E-state index is 12.6. The molecule has 1 unspecified atom stereocenters. The van der Waals surface area contributed by atoms with Gasteiger partial charge >= 0.3 is 0 Å². The first-order valence-corrected chi connectivity index (χ1v) is 7.96. The molecule has 0 bridgehead atoms. The minimum Gasteiger partial charge on any atom is -0.352 e.